The molecule has 7 heteroatoms. The fourth-order valence-corrected chi connectivity index (χ4v) is 1.79. The molecule has 0 aliphatic rings. The van der Waals surface area contributed by atoms with Crippen molar-refractivity contribution in [3.8, 4) is 11.3 Å². The summed E-state index contributed by atoms with van der Waals surface area (Å²) in [5.74, 6) is -2.83. The molecule has 0 atom stereocenters. The zero-order valence-corrected chi connectivity index (χ0v) is 11.6. The zero-order valence-electron chi connectivity index (χ0n) is 11.6. The number of allylic oxidation sites excluding steroid dienone is 1. The number of ketones is 1. The summed E-state index contributed by atoms with van der Waals surface area (Å²) in [5.41, 5.74) is 2.51. The number of H-pyrrole nitrogens is 1. The van der Waals surface area contributed by atoms with Gasteiger partial charge in [0.25, 0.3) is 5.78 Å². The number of hydrogen-bond acceptors (Lipinski definition) is 3. The molecule has 0 radical (unpaired) electrons. The van der Waals surface area contributed by atoms with E-state index in [0.717, 1.165) is 17.7 Å². The number of aliphatic hydroxyl groups excluding tert-OH is 1. The van der Waals surface area contributed by atoms with Crippen LogP contribution in [-0.4, -0.2) is 27.3 Å². The summed E-state index contributed by atoms with van der Waals surface area (Å²) in [4.78, 5) is 10.8. The van der Waals surface area contributed by atoms with Crippen molar-refractivity contribution in [3.63, 3.8) is 0 Å². The molecule has 2 N–H and O–H groups in total. The number of carbonyl (C=O) groups excluding carboxylic acids is 1. The monoisotopic (exact) mass is 310 g/mol. The number of halogens is 3. The number of hydrogen-bond donors (Lipinski definition) is 2. The Morgan fingerprint density at radius 1 is 1.32 bits per heavy atom. The molecule has 2 aromatic rings. The van der Waals surface area contributed by atoms with E-state index in [-0.39, 0.29) is 11.6 Å². The Morgan fingerprint density at radius 3 is 2.45 bits per heavy atom. The number of benzene rings is 1. The normalized spacial score (nSPS) is 12.5. The average Bonchev–Trinajstić information content (AvgIpc) is 2.95. The van der Waals surface area contributed by atoms with E-state index in [0.29, 0.717) is 5.69 Å². The molecular weight excluding hydrogens is 297 g/mol. The first-order valence-corrected chi connectivity index (χ1v) is 6.48. The van der Waals surface area contributed by atoms with Crippen LogP contribution in [0.2, 0.25) is 0 Å². The Kier molecular flexibility index (Phi) is 4.35. The van der Waals surface area contributed by atoms with Crippen LogP contribution in [0.3, 0.4) is 0 Å². The van der Waals surface area contributed by atoms with Gasteiger partial charge in [-0.25, -0.2) is 0 Å². The molecule has 0 bridgehead atoms. The quantitative estimate of drug-likeness (QED) is 0.669. The maximum atomic E-state index is 12.1. The summed E-state index contributed by atoms with van der Waals surface area (Å²) in [5, 5.41) is 16.5. The molecule has 0 spiro atoms. The number of aryl methyl sites for hydroxylation is 1. The highest BCUT2D eigenvalue weighted by atomic mass is 19.4. The SMILES string of the molecule is CCc1cc(-c2ccc(/C(O)=C/C(=O)C(F)(F)F)cc2)n[nH]1. The molecule has 1 aromatic heterocycles. The van der Waals surface area contributed by atoms with Crippen molar-refractivity contribution in [2.75, 3.05) is 0 Å². The van der Waals surface area contributed by atoms with E-state index in [4.69, 9.17) is 0 Å². The molecule has 0 aliphatic heterocycles. The van der Waals surface area contributed by atoms with Crippen LogP contribution in [0.5, 0.6) is 0 Å². The topological polar surface area (TPSA) is 66.0 Å². The molecule has 0 aliphatic carbocycles. The van der Waals surface area contributed by atoms with Crippen molar-refractivity contribution < 1.29 is 23.1 Å². The largest absolute Gasteiger partial charge is 0.507 e. The molecule has 0 fully saturated rings. The fraction of sp³-hybridized carbons (Fsp3) is 0.200. The van der Waals surface area contributed by atoms with Crippen molar-refractivity contribution in [2.45, 2.75) is 19.5 Å². The van der Waals surface area contributed by atoms with E-state index >= 15 is 0 Å². The van der Waals surface area contributed by atoms with Crippen LogP contribution in [0.15, 0.2) is 36.4 Å². The number of rotatable bonds is 4. The standard InChI is InChI=1S/C15H13F3N2O2/c1-2-11-7-12(20-19-11)9-3-5-10(6-4-9)13(21)8-14(22)15(16,17)18/h3-8,21H,2H2,1H3,(H,19,20)/b13-8-. The predicted molar refractivity (Wildman–Crippen MR) is 75.1 cm³/mol. The van der Waals surface area contributed by atoms with Gasteiger partial charge >= 0.3 is 6.18 Å². The maximum Gasteiger partial charge on any atom is 0.454 e. The summed E-state index contributed by atoms with van der Waals surface area (Å²) in [6.07, 6.45) is -4.04. The number of nitrogens with one attached hydrogen (secondary N) is 1. The van der Waals surface area contributed by atoms with Crippen molar-refractivity contribution >= 4 is 11.5 Å². The van der Waals surface area contributed by atoms with Gasteiger partial charge in [-0.15, -0.1) is 0 Å². The van der Waals surface area contributed by atoms with Gasteiger partial charge in [0.2, 0.25) is 0 Å². The summed E-state index contributed by atoms with van der Waals surface area (Å²) in [6.45, 7) is 1.97. The molecule has 0 saturated carbocycles. The van der Waals surface area contributed by atoms with Gasteiger partial charge in [0.1, 0.15) is 5.76 Å². The second kappa shape index (κ2) is 6.05. The Morgan fingerprint density at radius 2 is 1.95 bits per heavy atom. The molecule has 22 heavy (non-hydrogen) atoms. The lowest BCUT2D eigenvalue weighted by Gasteiger charge is -2.04. The van der Waals surface area contributed by atoms with E-state index < -0.39 is 17.7 Å². The third-order valence-electron chi connectivity index (χ3n) is 3.04. The average molecular weight is 310 g/mol. The van der Waals surface area contributed by atoms with E-state index in [1.807, 2.05) is 13.0 Å². The first-order valence-electron chi connectivity index (χ1n) is 6.48. The Bertz CT molecular complexity index is 700. The maximum absolute atomic E-state index is 12.1. The Hall–Kier alpha value is -2.57. The number of aromatic amines is 1. The summed E-state index contributed by atoms with van der Waals surface area (Å²) < 4.78 is 36.4. The van der Waals surface area contributed by atoms with Crippen molar-refractivity contribution in [1.29, 1.82) is 0 Å². The Labute approximate surface area is 124 Å². The third-order valence-corrected chi connectivity index (χ3v) is 3.04. The van der Waals surface area contributed by atoms with Crippen LogP contribution in [0.4, 0.5) is 13.2 Å². The zero-order chi connectivity index (χ0) is 16.3. The molecule has 2 rings (SSSR count). The van der Waals surface area contributed by atoms with Gasteiger partial charge < -0.3 is 5.11 Å². The van der Waals surface area contributed by atoms with E-state index in [2.05, 4.69) is 10.2 Å². The summed E-state index contributed by atoms with van der Waals surface area (Å²) in [7, 11) is 0. The molecule has 116 valence electrons. The summed E-state index contributed by atoms with van der Waals surface area (Å²) >= 11 is 0. The lowest BCUT2D eigenvalue weighted by atomic mass is 10.1. The number of carbonyl (C=O) groups is 1. The van der Waals surface area contributed by atoms with Crippen LogP contribution in [0.25, 0.3) is 17.0 Å². The van der Waals surface area contributed by atoms with E-state index in [1.54, 1.807) is 12.1 Å². The minimum absolute atomic E-state index is 0.118. The highest BCUT2D eigenvalue weighted by Gasteiger charge is 2.36. The van der Waals surface area contributed by atoms with Crippen LogP contribution in [0, 0.1) is 0 Å². The second-order valence-corrected chi connectivity index (χ2v) is 4.60. The Balaban J connectivity index is 2.21. The number of alkyl halides is 3. The minimum Gasteiger partial charge on any atom is -0.507 e. The number of aliphatic hydroxyl groups is 1. The molecule has 4 nitrogen and oxygen atoms in total. The molecule has 0 unspecified atom stereocenters. The second-order valence-electron chi connectivity index (χ2n) is 4.60. The van der Waals surface area contributed by atoms with Gasteiger partial charge in [0.05, 0.1) is 5.69 Å². The smallest absolute Gasteiger partial charge is 0.454 e. The number of nitrogens with zero attached hydrogens (tertiary/aromatic N) is 1. The van der Waals surface area contributed by atoms with Gasteiger partial charge in [-0.3, -0.25) is 9.89 Å². The van der Waals surface area contributed by atoms with Crippen LogP contribution in [-0.2, 0) is 11.2 Å². The lowest BCUT2D eigenvalue weighted by molar-refractivity contribution is -0.165. The van der Waals surface area contributed by atoms with E-state index in [1.165, 1.54) is 12.1 Å². The molecule has 1 aromatic carbocycles. The first kappa shape index (κ1) is 15.8. The van der Waals surface area contributed by atoms with Crippen LogP contribution >= 0.6 is 0 Å². The minimum atomic E-state index is -5.00. The highest BCUT2D eigenvalue weighted by Crippen LogP contribution is 2.23. The third kappa shape index (κ3) is 3.55. The van der Waals surface area contributed by atoms with Crippen molar-refractivity contribution in [3.05, 3.63) is 47.7 Å². The predicted octanol–water partition coefficient (Wildman–Crippen LogP) is 3.67. The molecule has 0 saturated heterocycles. The van der Waals surface area contributed by atoms with Gasteiger partial charge in [-0.05, 0) is 12.5 Å². The summed E-state index contributed by atoms with van der Waals surface area (Å²) in [6, 6.07) is 7.91. The van der Waals surface area contributed by atoms with Crippen LogP contribution in [0.1, 0.15) is 18.2 Å². The molecular formula is C15H13F3N2O2. The highest BCUT2D eigenvalue weighted by molar-refractivity contribution is 5.99. The van der Waals surface area contributed by atoms with Gasteiger partial charge in [-0.1, -0.05) is 31.2 Å². The first-order chi connectivity index (χ1) is 10.3. The van der Waals surface area contributed by atoms with Gasteiger partial charge in [-0.2, -0.15) is 18.3 Å². The van der Waals surface area contributed by atoms with E-state index in [9.17, 15) is 23.1 Å². The van der Waals surface area contributed by atoms with Gasteiger partial charge in [0, 0.05) is 22.9 Å². The number of aromatic nitrogens is 2. The molecule has 1 heterocycles. The molecule has 0 amide bonds. The van der Waals surface area contributed by atoms with Crippen molar-refractivity contribution in [2.24, 2.45) is 0 Å². The lowest BCUT2D eigenvalue weighted by Crippen LogP contribution is -2.20. The van der Waals surface area contributed by atoms with Crippen molar-refractivity contribution in [1.82, 2.24) is 10.2 Å². The fourth-order valence-electron chi connectivity index (χ4n) is 1.79. The van der Waals surface area contributed by atoms with Gasteiger partial charge in [0.15, 0.2) is 0 Å². The van der Waals surface area contributed by atoms with Crippen LogP contribution < -0.4 is 0 Å².